The molecule has 0 saturated carbocycles. The highest BCUT2D eigenvalue weighted by atomic mass is 79.9. The minimum absolute atomic E-state index is 0.0311. The maximum atomic E-state index is 11.5. The summed E-state index contributed by atoms with van der Waals surface area (Å²) in [4.78, 5) is 25.6. The van der Waals surface area contributed by atoms with Gasteiger partial charge in [0.05, 0.1) is 16.0 Å². The molecular formula is C11H13BrN4O4. The van der Waals surface area contributed by atoms with Crippen molar-refractivity contribution < 1.29 is 14.5 Å². The molecule has 1 aliphatic heterocycles. The van der Waals surface area contributed by atoms with Crippen LogP contribution in [-0.4, -0.2) is 35.1 Å². The first-order chi connectivity index (χ1) is 9.49. The maximum absolute atomic E-state index is 11.5. The Hall–Kier alpha value is -1.74. The van der Waals surface area contributed by atoms with Crippen LogP contribution in [0.15, 0.2) is 16.7 Å². The molecule has 1 aromatic heterocycles. The molecular weight excluding hydrogens is 332 g/mol. The van der Waals surface area contributed by atoms with Gasteiger partial charge in [-0.05, 0) is 22.4 Å². The number of hydrogen-bond donors (Lipinski definition) is 2. The molecule has 0 aromatic carbocycles. The van der Waals surface area contributed by atoms with Gasteiger partial charge >= 0.3 is 0 Å². The molecule has 1 aliphatic rings. The lowest BCUT2D eigenvalue weighted by atomic mass is 9.98. The number of nitrogens with one attached hydrogen (secondary N) is 1. The second-order valence-corrected chi connectivity index (χ2v) is 5.28. The van der Waals surface area contributed by atoms with Gasteiger partial charge in [0.25, 0.3) is 5.69 Å². The Morgan fingerprint density at radius 3 is 2.95 bits per heavy atom. The topological polar surface area (TPSA) is 120 Å². The normalized spacial score (nSPS) is 19.6. The number of primary amides is 1. The number of amides is 1. The number of carbonyl (C=O) groups excluding carboxylic acids is 1. The van der Waals surface area contributed by atoms with Gasteiger partial charge in [-0.25, -0.2) is 4.98 Å². The van der Waals surface area contributed by atoms with E-state index in [2.05, 4.69) is 26.2 Å². The monoisotopic (exact) mass is 344 g/mol. The summed E-state index contributed by atoms with van der Waals surface area (Å²) in [5, 5.41) is 13.6. The first kappa shape index (κ1) is 14.7. The van der Waals surface area contributed by atoms with Gasteiger partial charge in [0, 0.05) is 18.6 Å². The third-order valence-corrected chi connectivity index (χ3v) is 3.68. The van der Waals surface area contributed by atoms with Crippen molar-refractivity contribution in [2.75, 3.05) is 18.5 Å². The number of aromatic nitrogens is 1. The zero-order valence-corrected chi connectivity index (χ0v) is 12.0. The Labute approximate surface area is 123 Å². The third kappa shape index (κ3) is 3.23. The van der Waals surface area contributed by atoms with Crippen LogP contribution in [0.4, 0.5) is 11.5 Å². The van der Waals surface area contributed by atoms with Crippen LogP contribution in [0.2, 0.25) is 0 Å². The standard InChI is InChI=1S/C11H13BrN4O4/c12-8-3-7(16(18)19)4-14-11(8)15-9(10(13)17)6-1-2-20-5-6/h3-4,6,9H,1-2,5H2,(H2,13,17)(H,14,15). The lowest BCUT2D eigenvalue weighted by Crippen LogP contribution is -2.42. The van der Waals surface area contributed by atoms with E-state index in [1.165, 1.54) is 6.07 Å². The summed E-state index contributed by atoms with van der Waals surface area (Å²) in [6.45, 7) is 1.04. The predicted molar refractivity (Wildman–Crippen MR) is 74.1 cm³/mol. The number of anilines is 1. The average molecular weight is 345 g/mol. The Kier molecular flexibility index (Phi) is 4.50. The number of pyridine rings is 1. The van der Waals surface area contributed by atoms with E-state index in [0.717, 1.165) is 12.6 Å². The molecule has 0 aliphatic carbocycles. The Morgan fingerprint density at radius 1 is 1.70 bits per heavy atom. The van der Waals surface area contributed by atoms with E-state index in [1.54, 1.807) is 0 Å². The third-order valence-electron chi connectivity index (χ3n) is 3.07. The molecule has 0 bridgehead atoms. The minimum atomic E-state index is -0.622. The van der Waals surface area contributed by atoms with Crippen molar-refractivity contribution in [1.82, 2.24) is 4.98 Å². The SMILES string of the molecule is NC(=O)C(Nc1ncc([N+](=O)[O-])cc1Br)C1CCOC1. The molecule has 2 atom stereocenters. The smallest absolute Gasteiger partial charge is 0.288 e. The van der Waals surface area contributed by atoms with Crippen LogP contribution in [0.25, 0.3) is 0 Å². The highest BCUT2D eigenvalue weighted by molar-refractivity contribution is 9.10. The summed E-state index contributed by atoms with van der Waals surface area (Å²) in [6, 6.07) is 0.696. The fourth-order valence-electron chi connectivity index (χ4n) is 2.02. The van der Waals surface area contributed by atoms with E-state index < -0.39 is 16.9 Å². The van der Waals surface area contributed by atoms with Crippen molar-refractivity contribution in [1.29, 1.82) is 0 Å². The van der Waals surface area contributed by atoms with Crippen molar-refractivity contribution in [3.63, 3.8) is 0 Å². The van der Waals surface area contributed by atoms with Gasteiger partial charge in [0.2, 0.25) is 5.91 Å². The lowest BCUT2D eigenvalue weighted by Gasteiger charge is -2.21. The number of ether oxygens (including phenoxy) is 1. The van der Waals surface area contributed by atoms with Crippen molar-refractivity contribution in [3.8, 4) is 0 Å². The molecule has 1 aromatic rings. The Balaban J connectivity index is 2.18. The first-order valence-electron chi connectivity index (χ1n) is 5.92. The molecule has 1 amide bonds. The predicted octanol–water partition coefficient (Wildman–Crippen LogP) is 1.05. The zero-order valence-electron chi connectivity index (χ0n) is 10.4. The van der Waals surface area contributed by atoms with Gasteiger partial charge < -0.3 is 15.8 Å². The summed E-state index contributed by atoms with van der Waals surface area (Å²) in [5.41, 5.74) is 5.25. The number of rotatable bonds is 5. The number of halogens is 1. The summed E-state index contributed by atoms with van der Waals surface area (Å²) in [6.07, 6.45) is 1.85. The molecule has 2 heterocycles. The van der Waals surface area contributed by atoms with E-state index in [-0.39, 0.29) is 11.6 Å². The summed E-state index contributed by atoms with van der Waals surface area (Å²) in [7, 11) is 0. The van der Waals surface area contributed by atoms with Crippen LogP contribution < -0.4 is 11.1 Å². The number of carbonyl (C=O) groups is 1. The summed E-state index contributed by atoms with van der Waals surface area (Å²) in [5.74, 6) is -0.199. The molecule has 2 rings (SSSR count). The average Bonchev–Trinajstić information content (AvgIpc) is 2.90. The van der Waals surface area contributed by atoms with Gasteiger partial charge in [0.15, 0.2) is 0 Å². The molecule has 3 N–H and O–H groups in total. The molecule has 1 saturated heterocycles. The van der Waals surface area contributed by atoms with Gasteiger partial charge in [-0.15, -0.1) is 0 Å². The van der Waals surface area contributed by atoms with E-state index in [0.29, 0.717) is 23.5 Å². The first-order valence-corrected chi connectivity index (χ1v) is 6.72. The molecule has 8 nitrogen and oxygen atoms in total. The van der Waals surface area contributed by atoms with E-state index in [9.17, 15) is 14.9 Å². The van der Waals surface area contributed by atoms with Crippen molar-refractivity contribution in [2.24, 2.45) is 11.7 Å². The zero-order chi connectivity index (χ0) is 14.7. The second-order valence-electron chi connectivity index (χ2n) is 4.43. The molecule has 0 radical (unpaired) electrons. The fourth-order valence-corrected chi connectivity index (χ4v) is 2.47. The number of nitro groups is 1. The number of nitrogens with two attached hydrogens (primary N) is 1. The molecule has 1 fully saturated rings. The molecule has 0 spiro atoms. The number of nitrogens with zero attached hydrogens (tertiary/aromatic N) is 2. The van der Waals surface area contributed by atoms with Gasteiger partial charge in [0.1, 0.15) is 18.1 Å². The minimum Gasteiger partial charge on any atom is -0.381 e. The van der Waals surface area contributed by atoms with E-state index >= 15 is 0 Å². The van der Waals surface area contributed by atoms with Crippen LogP contribution in [0.1, 0.15) is 6.42 Å². The van der Waals surface area contributed by atoms with Crippen LogP contribution in [0.5, 0.6) is 0 Å². The van der Waals surface area contributed by atoms with Crippen molar-refractivity contribution in [3.05, 3.63) is 26.9 Å². The molecule has 108 valence electrons. The van der Waals surface area contributed by atoms with Crippen molar-refractivity contribution in [2.45, 2.75) is 12.5 Å². The lowest BCUT2D eigenvalue weighted by molar-refractivity contribution is -0.385. The number of hydrogen-bond acceptors (Lipinski definition) is 6. The van der Waals surface area contributed by atoms with Gasteiger partial charge in [-0.3, -0.25) is 14.9 Å². The Morgan fingerprint density at radius 2 is 2.45 bits per heavy atom. The summed E-state index contributed by atoms with van der Waals surface area (Å²) >= 11 is 3.19. The quantitative estimate of drug-likeness (QED) is 0.608. The van der Waals surface area contributed by atoms with Crippen LogP contribution in [-0.2, 0) is 9.53 Å². The molecule has 20 heavy (non-hydrogen) atoms. The van der Waals surface area contributed by atoms with Gasteiger partial charge in [-0.2, -0.15) is 0 Å². The van der Waals surface area contributed by atoms with E-state index in [1.807, 2.05) is 0 Å². The highest BCUT2D eigenvalue weighted by Crippen LogP contribution is 2.27. The van der Waals surface area contributed by atoms with Crippen molar-refractivity contribution >= 4 is 33.3 Å². The maximum Gasteiger partial charge on any atom is 0.288 e. The van der Waals surface area contributed by atoms with E-state index in [4.69, 9.17) is 10.5 Å². The van der Waals surface area contributed by atoms with Gasteiger partial charge in [-0.1, -0.05) is 0 Å². The largest absolute Gasteiger partial charge is 0.381 e. The van der Waals surface area contributed by atoms with Crippen LogP contribution in [0.3, 0.4) is 0 Å². The van der Waals surface area contributed by atoms with Crippen LogP contribution in [0, 0.1) is 16.0 Å². The Bertz CT molecular complexity index is 533. The van der Waals surface area contributed by atoms with Crippen LogP contribution >= 0.6 is 15.9 Å². The highest BCUT2D eigenvalue weighted by Gasteiger charge is 2.30. The molecule has 2 unspecified atom stereocenters. The summed E-state index contributed by atoms with van der Waals surface area (Å²) < 4.78 is 5.64. The molecule has 9 heteroatoms. The second kappa shape index (κ2) is 6.14. The fraction of sp³-hybridized carbons (Fsp3) is 0.455.